The summed E-state index contributed by atoms with van der Waals surface area (Å²) in [6.45, 7) is 7.99. The van der Waals surface area contributed by atoms with Gasteiger partial charge < -0.3 is 19.3 Å². The van der Waals surface area contributed by atoms with Crippen LogP contribution in [0.5, 0.6) is 11.5 Å². The van der Waals surface area contributed by atoms with E-state index in [0.717, 1.165) is 85.9 Å². The fraction of sp³-hybridized carbons (Fsp3) is 0.483. The molecule has 2 aromatic carbocycles. The number of benzene rings is 2. The number of hydrogen-bond acceptors (Lipinski definition) is 6. The number of nitrogens with zero attached hydrogens (tertiary/aromatic N) is 4. The summed E-state index contributed by atoms with van der Waals surface area (Å²) >= 11 is 0. The van der Waals surface area contributed by atoms with Crippen LogP contribution in [0.4, 0.5) is 5.95 Å². The highest BCUT2D eigenvalue weighted by molar-refractivity contribution is 5.83. The summed E-state index contributed by atoms with van der Waals surface area (Å²) in [5.41, 5.74) is 3.08. The van der Waals surface area contributed by atoms with Crippen LogP contribution in [0, 0.1) is 25.7 Å². The molecule has 3 aromatic rings. The number of carbonyl (C=O) groups excluding carboxylic acids is 1. The van der Waals surface area contributed by atoms with Gasteiger partial charge in [-0.1, -0.05) is 17.7 Å². The summed E-state index contributed by atoms with van der Waals surface area (Å²) in [6, 6.07) is 14.1. The third kappa shape index (κ3) is 5.40. The van der Waals surface area contributed by atoms with E-state index in [4.69, 9.17) is 19.4 Å². The molecule has 0 saturated carbocycles. The van der Waals surface area contributed by atoms with Crippen LogP contribution in [0.25, 0.3) is 10.9 Å². The van der Waals surface area contributed by atoms with E-state index >= 15 is 0 Å². The molecule has 3 heterocycles. The van der Waals surface area contributed by atoms with E-state index in [2.05, 4.69) is 28.9 Å². The maximum Gasteiger partial charge on any atom is 0.226 e. The first kappa shape index (κ1) is 24.3. The third-order valence-electron chi connectivity index (χ3n) is 7.55. The Morgan fingerprint density at radius 3 is 2.47 bits per heavy atom. The maximum absolute atomic E-state index is 13.4. The lowest BCUT2D eigenvalue weighted by Gasteiger charge is -2.37. The first-order valence-corrected chi connectivity index (χ1v) is 13.1. The Labute approximate surface area is 213 Å². The van der Waals surface area contributed by atoms with Crippen molar-refractivity contribution in [3.8, 4) is 11.5 Å². The number of ether oxygens (including phenoxy) is 2. The van der Waals surface area contributed by atoms with Crippen LogP contribution in [-0.2, 0) is 4.79 Å². The zero-order valence-corrected chi connectivity index (χ0v) is 21.6. The number of hydrogen-bond donors (Lipinski definition) is 0. The monoisotopic (exact) mass is 488 g/mol. The minimum atomic E-state index is 0.0691. The van der Waals surface area contributed by atoms with Crippen molar-refractivity contribution in [3.63, 3.8) is 0 Å². The molecule has 7 heteroatoms. The van der Waals surface area contributed by atoms with Crippen LogP contribution in [-0.4, -0.2) is 60.7 Å². The van der Waals surface area contributed by atoms with Crippen LogP contribution in [0.15, 0.2) is 42.5 Å². The molecule has 2 saturated heterocycles. The Morgan fingerprint density at radius 2 is 1.72 bits per heavy atom. The predicted molar refractivity (Wildman–Crippen MR) is 142 cm³/mol. The third-order valence-corrected chi connectivity index (χ3v) is 7.55. The molecular formula is C29H36N4O3. The zero-order chi connectivity index (χ0) is 25.1. The number of fused-ring (bicyclic) bond motifs is 1. The van der Waals surface area contributed by atoms with E-state index < -0.39 is 0 Å². The Hall–Kier alpha value is -3.35. The molecule has 5 rings (SSSR count). The molecule has 1 amide bonds. The number of piperidine rings is 2. The molecule has 2 aliphatic heterocycles. The molecule has 1 atom stereocenters. The van der Waals surface area contributed by atoms with Crippen LogP contribution in [0.2, 0.25) is 0 Å². The van der Waals surface area contributed by atoms with Gasteiger partial charge in [-0.2, -0.15) is 0 Å². The summed E-state index contributed by atoms with van der Waals surface area (Å²) in [6.07, 6.45) is 3.81. The van der Waals surface area contributed by atoms with Gasteiger partial charge in [-0.3, -0.25) is 4.79 Å². The van der Waals surface area contributed by atoms with Gasteiger partial charge in [0.1, 0.15) is 11.5 Å². The molecule has 1 aromatic heterocycles. The van der Waals surface area contributed by atoms with E-state index in [1.165, 1.54) is 5.56 Å². The Bertz CT molecular complexity index is 1210. The van der Waals surface area contributed by atoms with Crippen LogP contribution < -0.4 is 14.4 Å². The number of amides is 1. The van der Waals surface area contributed by atoms with Crippen molar-refractivity contribution in [1.29, 1.82) is 0 Å². The van der Waals surface area contributed by atoms with Crippen LogP contribution >= 0.6 is 0 Å². The van der Waals surface area contributed by atoms with E-state index in [-0.39, 0.29) is 5.92 Å². The number of likely N-dealkylation sites (tertiary alicyclic amines) is 1. The van der Waals surface area contributed by atoms with Gasteiger partial charge >= 0.3 is 0 Å². The molecule has 0 bridgehead atoms. The van der Waals surface area contributed by atoms with Crippen LogP contribution in [0.1, 0.15) is 36.9 Å². The quantitative estimate of drug-likeness (QED) is 0.497. The fourth-order valence-electron chi connectivity index (χ4n) is 5.36. The van der Waals surface area contributed by atoms with Crippen molar-refractivity contribution in [2.75, 3.05) is 44.8 Å². The van der Waals surface area contributed by atoms with Crippen molar-refractivity contribution in [2.24, 2.45) is 11.8 Å². The highest BCUT2D eigenvalue weighted by Gasteiger charge is 2.32. The van der Waals surface area contributed by atoms with Crippen molar-refractivity contribution >= 4 is 22.8 Å². The minimum absolute atomic E-state index is 0.0691. The number of methoxy groups -OCH3 is 1. The molecule has 0 radical (unpaired) electrons. The molecule has 2 aliphatic rings. The number of aryl methyl sites for hydroxylation is 2. The molecule has 36 heavy (non-hydrogen) atoms. The predicted octanol–water partition coefficient (Wildman–Crippen LogP) is 4.79. The van der Waals surface area contributed by atoms with Gasteiger partial charge in [0.2, 0.25) is 11.9 Å². The summed E-state index contributed by atoms with van der Waals surface area (Å²) in [5, 5.41) is 1.04. The smallest absolute Gasteiger partial charge is 0.226 e. The molecule has 0 N–H and O–H groups in total. The topological polar surface area (TPSA) is 67.8 Å². The first-order valence-electron chi connectivity index (χ1n) is 13.1. The number of anilines is 1. The molecule has 0 spiro atoms. The second-order valence-corrected chi connectivity index (χ2v) is 10.2. The minimum Gasteiger partial charge on any atom is -0.497 e. The van der Waals surface area contributed by atoms with Crippen LogP contribution in [0.3, 0.4) is 0 Å². The second kappa shape index (κ2) is 10.7. The lowest BCUT2D eigenvalue weighted by molar-refractivity contribution is -0.138. The normalized spacial score (nSPS) is 18.9. The van der Waals surface area contributed by atoms with Gasteiger partial charge in [0.15, 0.2) is 0 Å². The molecule has 7 nitrogen and oxygen atoms in total. The van der Waals surface area contributed by atoms with E-state index in [0.29, 0.717) is 18.4 Å². The standard InChI is InChI=1S/C29H36N4O3/c1-20-6-8-24(9-7-20)36-19-22-5-4-14-33(18-22)28(34)23-12-15-32(16-13-23)29-30-21(2)26-11-10-25(35-3)17-27(26)31-29/h6-11,17,22-23H,4-5,12-16,18-19H2,1-3H3. The summed E-state index contributed by atoms with van der Waals surface area (Å²) < 4.78 is 11.4. The average molecular weight is 489 g/mol. The molecule has 2 fully saturated rings. The van der Waals surface area contributed by atoms with Gasteiger partial charge in [-0.05, 0) is 63.8 Å². The zero-order valence-electron chi connectivity index (χ0n) is 21.6. The summed E-state index contributed by atoms with van der Waals surface area (Å²) in [7, 11) is 1.67. The maximum atomic E-state index is 13.4. The molecule has 0 aliphatic carbocycles. The van der Waals surface area contributed by atoms with Crippen molar-refractivity contribution < 1.29 is 14.3 Å². The molecular weight excluding hydrogens is 452 g/mol. The Kier molecular flexibility index (Phi) is 7.25. The number of rotatable bonds is 6. The van der Waals surface area contributed by atoms with Gasteiger partial charge in [-0.25, -0.2) is 9.97 Å². The Balaban J connectivity index is 1.16. The fourth-order valence-corrected chi connectivity index (χ4v) is 5.36. The highest BCUT2D eigenvalue weighted by Crippen LogP contribution is 2.28. The lowest BCUT2D eigenvalue weighted by atomic mass is 9.92. The first-order chi connectivity index (χ1) is 17.5. The molecule has 190 valence electrons. The number of aromatic nitrogens is 2. The van der Waals surface area contributed by atoms with Gasteiger partial charge in [-0.15, -0.1) is 0 Å². The van der Waals surface area contributed by atoms with Crippen molar-refractivity contribution in [2.45, 2.75) is 39.5 Å². The summed E-state index contributed by atoms with van der Waals surface area (Å²) in [5.74, 6) is 3.19. The van der Waals surface area contributed by atoms with Gasteiger partial charge in [0.25, 0.3) is 0 Å². The highest BCUT2D eigenvalue weighted by atomic mass is 16.5. The largest absolute Gasteiger partial charge is 0.497 e. The van der Waals surface area contributed by atoms with Gasteiger partial charge in [0, 0.05) is 49.5 Å². The second-order valence-electron chi connectivity index (χ2n) is 10.2. The van der Waals surface area contributed by atoms with E-state index in [1.54, 1.807) is 7.11 Å². The SMILES string of the molecule is COc1ccc2c(C)nc(N3CCC(C(=O)N4CCCC(COc5ccc(C)cc5)C4)CC3)nc2c1. The molecule has 1 unspecified atom stereocenters. The van der Waals surface area contributed by atoms with E-state index in [9.17, 15) is 4.79 Å². The lowest BCUT2D eigenvalue weighted by Crippen LogP contribution is -2.47. The van der Waals surface area contributed by atoms with E-state index in [1.807, 2.05) is 37.3 Å². The van der Waals surface area contributed by atoms with Crippen molar-refractivity contribution in [1.82, 2.24) is 14.9 Å². The van der Waals surface area contributed by atoms with Gasteiger partial charge in [0.05, 0.1) is 24.9 Å². The Morgan fingerprint density at radius 1 is 0.972 bits per heavy atom. The average Bonchev–Trinajstić information content (AvgIpc) is 2.92. The summed E-state index contributed by atoms with van der Waals surface area (Å²) in [4.78, 5) is 27.2. The number of carbonyl (C=O) groups is 1. The van der Waals surface area contributed by atoms with Crippen molar-refractivity contribution in [3.05, 3.63) is 53.7 Å².